The lowest BCUT2D eigenvalue weighted by atomic mass is 9.58. The van der Waals surface area contributed by atoms with Gasteiger partial charge in [-0.3, -0.25) is 14.4 Å². The molecule has 1 aromatic rings. The van der Waals surface area contributed by atoms with Crippen LogP contribution in [-0.4, -0.2) is 17.3 Å². The number of halogens is 2. The number of hydrogen-bond donors (Lipinski definition) is 0. The first-order valence-electron chi connectivity index (χ1n) is 7.28. The maximum absolute atomic E-state index is 13.1. The van der Waals surface area contributed by atoms with Gasteiger partial charge in [-0.25, -0.2) is 0 Å². The third-order valence-corrected chi connectivity index (χ3v) is 5.53. The summed E-state index contributed by atoms with van der Waals surface area (Å²) in [7, 11) is 0. The summed E-state index contributed by atoms with van der Waals surface area (Å²) in [6.07, 6.45) is 3.82. The summed E-state index contributed by atoms with van der Waals surface area (Å²) < 4.78 is 0.252. The number of carbonyl (C=O) groups is 3. The van der Waals surface area contributed by atoms with Crippen molar-refractivity contribution in [3.05, 3.63) is 57.1 Å². The topological polar surface area (TPSA) is 51.2 Å². The van der Waals surface area contributed by atoms with E-state index in [4.69, 9.17) is 11.6 Å². The van der Waals surface area contributed by atoms with Gasteiger partial charge in [-0.2, -0.15) is 0 Å². The van der Waals surface area contributed by atoms with Gasteiger partial charge in [0.25, 0.3) is 0 Å². The fourth-order valence-corrected chi connectivity index (χ4v) is 3.96. The first-order chi connectivity index (χ1) is 10.9. The molecule has 2 atom stereocenters. The second-order valence-corrected chi connectivity index (χ2v) is 7.33. The minimum absolute atomic E-state index is 0.181. The molecule has 0 N–H and O–H groups in total. The number of ketones is 3. The van der Waals surface area contributed by atoms with Crippen molar-refractivity contribution in [3.63, 3.8) is 0 Å². The monoisotopic (exact) mass is 392 g/mol. The van der Waals surface area contributed by atoms with Gasteiger partial charge in [-0.05, 0) is 60.0 Å². The summed E-state index contributed by atoms with van der Waals surface area (Å²) in [5.41, 5.74) is 0.0969. The molecule has 0 spiro atoms. The molecule has 3 rings (SSSR count). The van der Waals surface area contributed by atoms with Crippen molar-refractivity contribution in [2.24, 2.45) is 11.3 Å². The van der Waals surface area contributed by atoms with E-state index in [1.165, 1.54) is 6.08 Å². The Labute approximate surface area is 147 Å². The molecule has 0 saturated carbocycles. The average Bonchev–Trinajstić information content (AvgIpc) is 2.53. The molecule has 23 heavy (non-hydrogen) atoms. The highest BCUT2D eigenvalue weighted by atomic mass is 79.9. The smallest absolute Gasteiger partial charge is 0.177 e. The molecule has 2 aliphatic rings. The van der Waals surface area contributed by atoms with Crippen molar-refractivity contribution in [1.29, 1.82) is 0 Å². The molecule has 3 nitrogen and oxygen atoms in total. The van der Waals surface area contributed by atoms with E-state index in [1.54, 1.807) is 24.3 Å². The van der Waals surface area contributed by atoms with Crippen LogP contribution in [0, 0.1) is 11.3 Å². The number of Topliss-reactive ketones (excluding diaryl/α,β-unsaturated/α-hetero) is 2. The zero-order chi connectivity index (χ0) is 16.8. The Balaban J connectivity index is 2.15. The van der Waals surface area contributed by atoms with E-state index in [0.29, 0.717) is 17.0 Å². The van der Waals surface area contributed by atoms with E-state index in [1.807, 2.05) is 13.0 Å². The number of carbonyl (C=O) groups excluding carboxylic acids is 3. The van der Waals surface area contributed by atoms with Crippen molar-refractivity contribution < 1.29 is 14.4 Å². The highest BCUT2D eigenvalue weighted by molar-refractivity contribution is 9.12. The Morgan fingerprint density at radius 1 is 1.26 bits per heavy atom. The molecule has 5 heteroatoms. The predicted octanol–water partition coefficient (Wildman–Crippen LogP) is 4.30. The molecule has 0 amide bonds. The van der Waals surface area contributed by atoms with Gasteiger partial charge < -0.3 is 0 Å². The van der Waals surface area contributed by atoms with Gasteiger partial charge in [0.2, 0.25) is 0 Å². The average molecular weight is 394 g/mol. The highest BCUT2D eigenvalue weighted by Gasteiger charge is 2.56. The summed E-state index contributed by atoms with van der Waals surface area (Å²) in [4.78, 5) is 38.5. The molecule has 0 bridgehead atoms. The normalized spacial score (nSPS) is 27.2. The first-order valence-corrected chi connectivity index (χ1v) is 8.45. The lowest BCUT2D eigenvalue weighted by Crippen LogP contribution is -2.51. The maximum atomic E-state index is 13.1. The number of allylic oxidation sites excluding steroid dienone is 4. The van der Waals surface area contributed by atoms with Crippen LogP contribution >= 0.6 is 27.5 Å². The van der Waals surface area contributed by atoms with Gasteiger partial charge >= 0.3 is 0 Å². The molecule has 0 aliphatic heterocycles. The zero-order valence-electron chi connectivity index (χ0n) is 12.4. The zero-order valence-corrected chi connectivity index (χ0v) is 14.8. The van der Waals surface area contributed by atoms with Crippen LogP contribution in [0.3, 0.4) is 0 Å². The number of benzene rings is 1. The Bertz CT molecular complexity index is 776. The van der Waals surface area contributed by atoms with Crippen molar-refractivity contribution in [1.82, 2.24) is 0 Å². The van der Waals surface area contributed by atoms with Gasteiger partial charge in [-0.15, -0.1) is 0 Å². The minimum Gasteiger partial charge on any atom is -0.294 e. The van der Waals surface area contributed by atoms with Gasteiger partial charge in [0.1, 0.15) is 5.41 Å². The summed E-state index contributed by atoms with van der Waals surface area (Å²) in [5.74, 6) is -1.45. The lowest BCUT2D eigenvalue weighted by Gasteiger charge is -2.41. The van der Waals surface area contributed by atoms with Crippen LogP contribution in [0.5, 0.6) is 0 Å². The largest absolute Gasteiger partial charge is 0.294 e. The van der Waals surface area contributed by atoms with E-state index in [2.05, 4.69) is 15.9 Å². The number of fused-ring (bicyclic) bond motifs is 1. The van der Waals surface area contributed by atoms with Gasteiger partial charge in [0, 0.05) is 22.6 Å². The standard InChI is InChI=1S/C18H14BrClO3/c1-10-6-7-18(17(23)11-2-4-12(20)5-3-11)13(8-10)16(22)14(19)9-15(18)21/h2-6,9,13H,7-8H2,1H3. The van der Waals surface area contributed by atoms with E-state index in [9.17, 15) is 14.4 Å². The minimum atomic E-state index is -1.33. The van der Waals surface area contributed by atoms with E-state index in [-0.39, 0.29) is 28.3 Å². The number of rotatable bonds is 2. The Kier molecular flexibility index (Phi) is 4.15. The molecular weight excluding hydrogens is 380 g/mol. The summed E-state index contributed by atoms with van der Waals surface area (Å²) in [6, 6.07) is 6.44. The summed E-state index contributed by atoms with van der Waals surface area (Å²) >= 11 is 9.03. The highest BCUT2D eigenvalue weighted by Crippen LogP contribution is 2.48. The van der Waals surface area contributed by atoms with Crippen molar-refractivity contribution >= 4 is 44.9 Å². The summed E-state index contributed by atoms with van der Waals surface area (Å²) in [6.45, 7) is 1.92. The molecule has 1 aromatic carbocycles. The van der Waals surface area contributed by atoms with Gasteiger partial charge in [0.05, 0.1) is 4.48 Å². The Morgan fingerprint density at radius 3 is 2.57 bits per heavy atom. The molecule has 0 saturated heterocycles. The SMILES string of the molecule is CC1=CCC2(C(=O)c3ccc(Cl)cc3)C(=O)C=C(Br)C(=O)C2C1. The van der Waals surface area contributed by atoms with Gasteiger partial charge in [-0.1, -0.05) is 23.3 Å². The summed E-state index contributed by atoms with van der Waals surface area (Å²) in [5, 5.41) is 0.517. The third-order valence-electron chi connectivity index (χ3n) is 4.65. The molecule has 0 aromatic heterocycles. The molecule has 0 fully saturated rings. The fourth-order valence-electron chi connectivity index (χ4n) is 3.35. The number of hydrogen-bond acceptors (Lipinski definition) is 3. The quantitative estimate of drug-likeness (QED) is 0.428. The first kappa shape index (κ1) is 16.3. The van der Waals surface area contributed by atoms with Crippen LogP contribution in [0.25, 0.3) is 0 Å². The maximum Gasteiger partial charge on any atom is 0.177 e. The van der Waals surface area contributed by atoms with Gasteiger partial charge in [0.15, 0.2) is 17.3 Å². The second kappa shape index (κ2) is 5.84. The molecule has 2 aliphatic carbocycles. The fraction of sp³-hybridized carbons (Fsp3) is 0.278. The third kappa shape index (κ3) is 2.54. The van der Waals surface area contributed by atoms with Crippen LogP contribution in [0.15, 0.2) is 46.5 Å². The van der Waals surface area contributed by atoms with Crippen molar-refractivity contribution in [2.75, 3.05) is 0 Å². The second-order valence-electron chi connectivity index (χ2n) is 6.04. The molecule has 0 radical (unpaired) electrons. The Hall–Kier alpha value is -1.52. The molecule has 0 heterocycles. The molecular formula is C18H14BrClO3. The predicted molar refractivity (Wildman–Crippen MR) is 91.7 cm³/mol. The van der Waals surface area contributed by atoms with Crippen molar-refractivity contribution in [2.45, 2.75) is 19.8 Å². The van der Waals surface area contributed by atoms with Crippen LogP contribution in [0.2, 0.25) is 5.02 Å². The van der Waals surface area contributed by atoms with Crippen molar-refractivity contribution in [3.8, 4) is 0 Å². The lowest BCUT2D eigenvalue weighted by molar-refractivity contribution is -0.133. The van der Waals surface area contributed by atoms with E-state index in [0.717, 1.165) is 5.57 Å². The molecule has 2 unspecified atom stereocenters. The van der Waals surface area contributed by atoms with Crippen LogP contribution < -0.4 is 0 Å². The Morgan fingerprint density at radius 2 is 1.91 bits per heavy atom. The van der Waals surface area contributed by atoms with Crippen LogP contribution in [-0.2, 0) is 9.59 Å². The van der Waals surface area contributed by atoms with Crippen LogP contribution in [0.1, 0.15) is 30.1 Å². The molecule has 118 valence electrons. The van der Waals surface area contributed by atoms with Crippen LogP contribution in [0.4, 0.5) is 0 Å². The van der Waals surface area contributed by atoms with E-state index >= 15 is 0 Å². The van der Waals surface area contributed by atoms with E-state index < -0.39 is 11.3 Å².